The zero-order chi connectivity index (χ0) is 17.7. The molecule has 130 valence electrons. The van der Waals surface area contributed by atoms with Crippen LogP contribution in [0.5, 0.6) is 5.75 Å². The molecule has 1 saturated heterocycles. The number of hydrogen-bond acceptors (Lipinski definition) is 3. The zero-order valence-corrected chi connectivity index (χ0v) is 15.1. The van der Waals surface area contributed by atoms with Crippen LogP contribution in [0.4, 0.5) is 5.69 Å². The van der Waals surface area contributed by atoms with Gasteiger partial charge in [0, 0.05) is 24.6 Å². The molecule has 0 radical (unpaired) electrons. The lowest BCUT2D eigenvalue weighted by Gasteiger charge is -2.39. The van der Waals surface area contributed by atoms with E-state index in [1.807, 2.05) is 13.0 Å². The topological polar surface area (TPSA) is 43.8 Å². The number of halogens is 1. The molecule has 2 aliphatic rings. The molecule has 1 N–H and O–H groups in total. The van der Waals surface area contributed by atoms with Crippen molar-refractivity contribution in [2.45, 2.75) is 32.2 Å². The number of aromatic hydroxyl groups is 1. The molecule has 5 heteroatoms. The number of aryl methyl sites for hydroxylation is 2. The Morgan fingerprint density at radius 2 is 2.00 bits per heavy atom. The molecule has 25 heavy (non-hydrogen) atoms. The summed E-state index contributed by atoms with van der Waals surface area (Å²) in [4.78, 5) is 15.1. The van der Waals surface area contributed by atoms with Crippen LogP contribution in [0.15, 0.2) is 36.4 Å². The second-order valence-corrected chi connectivity index (χ2v) is 7.37. The summed E-state index contributed by atoms with van der Waals surface area (Å²) in [7, 11) is 0. The van der Waals surface area contributed by atoms with E-state index in [1.54, 1.807) is 27.5 Å². The number of nitrogens with zero attached hydrogens (tertiary/aromatic N) is 2. The van der Waals surface area contributed by atoms with E-state index in [9.17, 15) is 9.90 Å². The molecule has 2 atom stereocenters. The summed E-state index contributed by atoms with van der Waals surface area (Å²) >= 11 is 6.34. The maximum absolute atomic E-state index is 13.4. The lowest BCUT2D eigenvalue weighted by atomic mass is 9.81. The molecule has 2 aliphatic heterocycles. The highest BCUT2D eigenvalue weighted by molar-refractivity contribution is 6.14. The highest BCUT2D eigenvalue weighted by Crippen LogP contribution is 2.44. The Labute approximate surface area is 152 Å². The average Bonchev–Trinajstić information content (AvgIpc) is 2.97. The lowest BCUT2D eigenvalue weighted by Crippen LogP contribution is -2.48. The SMILES string of the molecule is CCc1cc(C)c2c(c1)[C@H]1CN(Cl)C[C@@H]1N(c1ccccc1O)C2=O. The first kappa shape index (κ1) is 16.4. The van der Waals surface area contributed by atoms with Crippen LogP contribution in [0, 0.1) is 6.92 Å². The van der Waals surface area contributed by atoms with Crippen LogP contribution in [0.2, 0.25) is 0 Å². The summed E-state index contributed by atoms with van der Waals surface area (Å²) < 4.78 is 1.75. The van der Waals surface area contributed by atoms with Crippen LogP contribution < -0.4 is 4.90 Å². The first-order chi connectivity index (χ1) is 12.0. The van der Waals surface area contributed by atoms with Crippen molar-refractivity contribution in [3.05, 3.63) is 58.7 Å². The molecule has 1 fully saturated rings. The van der Waals surface area contributed by atoms with Crippen LogP contribution in [0.25, 0.3) is 0 Å². The minimum Gasteiger partial charge on any atom is -0.506 e. The summed E-state index contributed by atoms with van der Waals surface area (Å²) in [6.45, 7) is 5.40. The molecule has 2 aromatic carbocycles. The summed E-state index contributed by atoms with van der Waals surface area (Å²) in [5.41, 5.74) is 4.65. The van der Waals surface area contributed by atoms with E-state index in [1.165, 1.54) is 5.56 Å². The molecule has 1 amide bonds. The van der Waals surface area contributed by atoms with Crippen LogP contribution in [-0.4, -0.2) is 34.6 Å². The average molecular weight is 357 g/mol. The van der Waals surface area contributed by atoms with Gasteiger partial charge in [-0.1, -0.05) is 31.2 Å². The molecule has 2 aromatic rings. The molecule has 4 nitrogen and oxygen atoms in total. The maximum atomic E-state index is 13.4. The molecular formula is C20H21ClN2O2. The van der Waals surface area contributed by atoms with E-state index in [0.717, 1.165) is 23.1 Å². The Morgan fingerprint density at radius 3 is 2.72 bits per heavy atom. The van der Waals surface area contributed by atoms with E-state index in [-0.39, 0.29) is 23.6 Å². The van der Waals surface area contributed by atoms with Gasteiger partial charge >= 0.3 is 0 Å². The van der Waals surface area contributed by atoms with Crippen molar-refractivity contribution in [2.24, 2.45) is 0 Å². The Kier molecular flexibility index (Phi) is 3.97. The van der Waals surface area contributed by atoms with E-state index in [2.05, 4.69) is 19.1 Å². The molecular weight excluding hydrogens is 336 g/mol. The van der Waals surface area contributed by atoms with Gasteiger partial charge < -0.3 is 5.11 Å². The lowest BCUT2D eigenvalue weighted by molar-refractivity contribution is 0.0964. The first-order valence-electron chi connectivity index (χ1n) is 8.67. The number of phenolic OH excluding ortho intramolecular Hbond substituents is 1. The van der Waals surface area contributed by atoms with Crippen LogP contribution in [0.3, 0.4) is 0 Å². The van der Waals surface area contributed by atoms with Crippen LogP contribution >= 0.6 is 11.8 Å². The third-order valence-corrected chi connectivity index (χ3v) is 5.66. The van der Waals surface area contributed by atoms with Crippen molar-refractivity contribution in [1.29, 1.82) is 0 Å². The number of fused-ring (bicyclic) bond motifs is 3. The minimum atomic E-state index is -0.0719. The molecule has 2 heterocycles. The quantitative estimate of drug-likeness (QED) is 0.831. The number of rotatable bonds is 2. The number of anilines is 1. The van der Waals surface area contributed by atoms with Gasteiger partial charge in [-0.2, -0.15) is 0 Å². The highest BCUT2D eigenvalue weighted by atomic mass is 35.5. The van der Waals surface area contributed by atoms with Gasteiger partial charge in [-0.15, -0.1) is 0 Å². The number of para-hydroxylation sites is 2. The largest absolute Gasteiger partial charge is 0.506 e. The standard InChI is InChI=1S/C20H21ClN2O2/c1-3-13-8-12(2)19-14(9-13)15-10-22(21)11-17(15)23(20(19)25)16-6-4-5-7-18(16)24/h4-9,15,17,24H,3,10-11H2,1-2H3/t15-,17+/m1/s1. The van der Waals surface area contributed by atoms with Crippen LogP contribution in [-0.2, 0) is 6.42 Å². The third kappa shape index (κ3) is 2.52. The molecule has 0 spiro atoms. The fraction of sp³-hybridized carbons (Fsp3) is 0.350. The number of benzene rings is 2. The first-order valence-corrected chi connectivity index (χ1v) is 9.00. The van der Waals surface area contributed by atoms with Crippen molar-refractivity contribution in [1.82, 2.24) is 4.42 Å². The summed E-state index contributed by atoms with van der Waals surface area (Å²) in [5, 5.41) is 10.3. The third-order valence-electron chi connectivity index (χ3n) is 5.38. The smallest absolute Gasteiger partial charge is 0.259 e. The van der Waals surface area contributed by atoms with Gasteiger partial charge in [0.2, 0.25) is 0 Å². The second-order valence-electron chi connectivity index (χ2n) is 6.90. The van der Waals surface area contributed by atoms with Crippen LogP contribution in [0.1, 0.15) is 39.9 Å². The number of phenols is 1. The normalized spacial score (nSPS) is 22.8. The number of carbonyl (C=O) groups is 1. The summed E-state index contributed by atoms with van der Waals surface area (Å²) in [5.74, 6) is 0.216. The van der Waals surface area contributed by atoms with Gasteiger partial charge in [-0.25, -0.2) is 4.42 Å². The summed E-state index contributed by atoms with van der Waals surface area (Å²) in [6, 6.07) is 11.2. The van der Waals surface area contributed by atoms with Gasteiger partial charge in [0.15, 0.2) is 0 Å². The molecule has 0 unspecified atom stereocenters. The number of carbonyl (C=O) groups excluding carboxylic acids is 1. The maximum Gasteiger partial charge on any atom is 0.259 e. The highest BCUT2D eigenvalue weighted by Gasteiger charge is 2.46. The summed E-state index contributed by atoms with van der Waals surface area (Å²) in [6.07, 6.45) is 0.938. The predicted molar refractivity (Wildman–Crippen MR) is 99.4 cm³/mol. The van der Waals surface area contributed by atoms with E-state index < -0.39 is 0 Å². The molecule has 0 aromatic heterocycles. The fourth-order valence-corrected chi connectivity index (χ4v) is 4.50. The Hall–Kier alpha value is -2.04. The van der Waals surface area contributed by atoms with Crippen molar-refractivity contribution < 1.29 is 9.90 Å². The Bertz CT molecular complexity index is 852. The van der Waals surface area contributed by atoms with Crippen molar-refractivity contribution >= 4 is 23.4 Å². The van der Waals surface area contributed by atoms with Crippen molar-refractivity contribution in [3.63, 3.8) is 0 Å². The zero-order valence-electron chi connectivity index (χ0n) is 14.4. The predicted octanol–water partition coefficient (Wildman–Crippen LogP) is 3.85. The minimum absolute atomic E-state index is 0.0510. The Balaban J connectivity index is 1.92. The van der Waals surface area contributed by atoms with E-state index >= 15 is 0 Å². The molecule has 4 rings (SSSR count). The van der Waals surface area contributed by atoms with Gasteiger partial charge in [-0.05, 0) is 53.9 Å². The molecule has 0 saturated carbocycles. The van der Waals surface area contributed by atoms with Gasteiger partial charge in [0.25, 0.3) is 5.91 Å². The van der Waals surface area contributed by atoms with Gasteiger partial charge in [0.1, 0.15) is 5.75 Å². The van der Waals surface area contributed by atoms with E-state index in [4.69, 9.17) is 11.8 Å². The Morgan fingerprint density at radius 1 is 1.24 bits per heavy atom. The van der Waals surface area contributed by atoms with E-state index in [0.29, 0.717) is 18.8 Å². The second kappa shape index (κ2) is 6.04. The van der Waals surface area contributed by atoms with Gasteiger partial charge in [0.05, 0.1) is 11.7 Å². The van der Waals surface area contributed by atoms with Crippen molar-refractivity contribution in [2.75, 3.05) is 18.0 Å². The molecule has 0 aliphatic carbocycles. The monoisotopic (exact) mass is 356 g/mol. The van der Waals surface area contributed by atoms with Gasteiger partial charge in [-0.3, -0.25) is 9.69 Å². The number of amides is 1. The number of hydrogen-bond donors (Lipinski definition) is 1. The van der Waals surface area contributed by atoms with Crippen molar-refractivity contribution in [3.8, 4) is 5.75 Å². The molecule has 0 bridgehead atoms. The fourth-order valence-electron chi connectivity index (χ4n) is 4.21.